The summed E-state index contributed by atoms with van der Waals surface area (Å²) in [6, 6.07) is 8.54. The van der Waals surface area contributed by atoms with Gasteiger partial charge in [-0.15, -0.1) is 12.3 Å². The molecule has 2 aromatic rings. The molecule has 1 N–H and O–H groups in total. The normalized spacial score (nSPS) is 9.94. The maximum Gasteiger partial charge on any atom is 0.349 e. The van der Waals surface area contributed by atoms with Gasteiger partial charge in [0.25, 0.3) is 5.91 Å². The van der Waals surface area contributed by atoms with Crippen LogP contribution in [0.1, 0.15) is 16.8 Å². The van der Waals surface area contributed by atoms with E-state index in [0.29, 0.717) is 23.9 Å². The van der Waals surface area contributed by atoms with Crippen molar-refractivity contribution in [3.8, 4) is 12.3 Å². The van der Waals surface area contributed by atoms with Gasteiger partial charge in [-0.2, -0.15) is 0 Å². The molecule has 0 saturated heterocycles. The second kappa shape index (κ2) is 5.19. The van der Waals surface area contributed by atoms with Gasteiger partial charge in [0.15, 0.2) is 0 Å². The first-order chi connectivity index (χ1) is 8.72. The van der Waals surface area contributed by atoms with Gasteiger partial charge in [0.05, 0.1) is 0 Å². The highest BCUT2D eigenvalue weighted by Gasteiger charge is 2.12. The van der Waals surface area contributed by atoms with Gasteiger partial charge in [0.2, 0.25) is 0 Å². The van der Waals surface area contributed by atoms with Crippen LogP contribution < -0.4 is 10.9 Å². The minimum atomic E-state index is -0.646. The van der Waals surface area contributed by atoms with Crippen LogP contribution in [0.5, 0.6) is 0 Å². The smallest absolute Gasteiger partial charge is 0.349 e. The van der Waals surface area contributed by atoms with Gasteiger partial charge in [-0.3, -0.25) is 4.79 Å². The summed E-state index contributed by atoms with van der Waals surface area (Å²) in [6.07, 6.45) is 5.50. The van der Waals surface area contributed by atoms with Crippen LogP contribution in [0.4, 0.5) is 0 Å². The van der Waals surface area contributed by atoms with E-state index in [1.165, 1.54) is 6.07 Å². The molecule has 1 heterocycles. The Bertz CT molecular complexity index is 679. The van der Waals surface area contributed by atoms with Crippen molar-refractivity contribution in [1.82, 2.24) is 5.32 Å². The van der Waals surface area contributed by atoms with Gasteiger partial charge >= 0.3 is 5.63 Å². The fourth-order valence-electron chi connectivity index (χ4n) is 1.56. The van der Waals surface area contributed by atoms with Crippen molar-refractivity contribution in [2.45, 2.75) is 6.42 Å². The molecule has 0 unspecified atom stereocenters. The third kappa shape index (κ3) is 2.41. The minimum Gasteiger partial charge on any atom is -0.422 e. The fraction of sp³-hybridized carbons (Fsp3) is 0.143. The molecule has 4 heteroatoms. The zero-order valence-corrected chi connectivity index (χ0v) is 9.60. The molecule has 0 atom stereocenters. The topological polar surface area (TPSA) is 59.3 Å². The second-order valence-corrected chi connectivity index (χ2v) is 3.70. The number of rotatable bonds is 3. The van der Waals surface area contributed by atoms with E-state index in [0.717, 1.165) is 0 Å². The van der Waals surface area contributed by atoms with Crippen molar-refractivity contribution in [2.75, 3.05) is 6.54 Å². The van der Waals surface area contributed by atoms with Gasteiger partial charge < -0.3 is 9.73 Å². The number of benzene rings is 1. The quantitative estimate of drug-likeness (QED) is 0.504. The molecule has 0 aliphatic rings. The number of nitrogens with one attached hydrogen (secondary N) is 1. The van der Waals surface area contributed by atoms with E-state index < -0.39 is 11.5 Å². The molecule has 0 fully saturated rings. The van der Waals surface area contributed by atoms with E-state index in [-0.39, 0.29) is 5.56 Å². The Hall–Kier alpha value is -2.54. The number of hydrogen-bond donors (Lipinski definition) is 1. The molecule has 90 valence electrons. The monoisotopic (exact) mass is 241 g/mol. The molecule has 1 amide bonds. The Morgan fingerprint density at radius 3 is 2.94 bits per heavy atom. The van der Waals surface area contributed by atoms with Crippen LogP contribution in [0.3, 0.4) is 0 Å². The fourth-order valence-corrected chi connectivity index (χ4v) is 1.56. The molecule has 0 aliphatic heterocycles. The van der Waals surface area contributed by atoms with E-state index in [9.17, 15) is 9.59 Å². The summed E-state index contributed by atoms with van der Waals surface area (Å²) >= 11 is 0. The van der Waals surface area contributed by atoms with Crippen LogP contribution in [0.15, 0.2) is 39.5 Å². The van der Waals surface area contributed by atoms with E-state index >= 15 is 0 Å². The van der Waals surface area contributed by atoms with Crippen LogP contribution in [0.2, 0.25) is 0 Å². The molecule has 1 aromatic carbocycles. The first kappa shape index (κ1) is 11.9. The van der Waals surface area contributed by atoms with Crippen molar-refractivity contribution in [3.05, 3.63) is 46.3 Å². The van der Waals surface area contributed by atoms with Gasteiger partial charge in [-0.05, 0) is 12.1 Å². The maximum atomic E-state index is 11.7. The lowest BCUT2D eigenvalue weighted by atomic mass is 10.2. The number of amides is 1. The summed E-state index contributed by atoms with van der Waals surface area (Å²) in [4.78, 5) is 23.4. The Morgan fingerprint density at radius 2 is 2.17 bits per heavy atom. The minimum absolute atomic E-state index is 0.00859. The van der Waals surface area contributed by atoms with E-state index in [1.54, 1.807) is 18.2 Å². The molecule has 2 rings (SSSR count). The summed E-state index contributed by atoms with van der Waals surface area (Å²) in [5.41, 5.74) is -0.194. The number of fused-ring (bicyclic) bond motifs is 1. The zero-order valence-electron chi connectivity index (χ0n) is 9.60. The number of carbonyl (C=O) groups excluding carboxylic acids is 1. The highest BCUT2D eigenvalue weighted by molar-refractivity contribution is 5.96. The number of carbonyl (C=O) groups is 1. The third-order valence-electron chi connectivity index (χ3n) is 2.44. The molecular weight excluding hydrogens is 230 g/mol. The van der Waals surface area contributed by atoms with Crippen molar-refractivity contribution in [3.63, 3.8) is 0 Å². The molecule has 0 radical (unpaired) electrons. The molecule has 0 aliphatic carbocycles. The standard InChI is InChI=1S/C14H11NO3/c1-2-3-8-15-13(16)11-9-10-6-4-5-7-12(10)18-14(11)17/h1,4-7,9H,3,8H2,(H,15,16). The molecule has 1 aromatic heterocycles. The van der Waals surface area contributed by atoms with E-state index in [4.69, 9.17) is 10.8 Å². The lowest BCUT2D eigenvalue weighted by molar-refractivity contribution is 0.0951. The van der Waals surface area contributed by atoms with E-state index in [2.05, 4.69) is 11.2 Å². The zero-order chi connectivity index (χ0) is 13.0. The van der Waals surface area contributed by atoms with Crippen molar-refractivity contribution in [1.29, 1.82) is 0 Å². The average molecular weight is 241 g/mol. The van der Waals surface area contributed by atoms with Crippen LogP contribution in [-0.4, -0.2) is 12.5 Å². The Labute approximate surface area is 104 Å². The summed E-state index contributed by atoms with van der Waals surface area (Å²) in [5.74, 6) is 1.93. The number of terminal acetylenes is 1. The van der Waals surface area contributed by atoms with Gasteiger partial charge in [0.1, 0.15) is 11.1 Å². The largest absolute Gasteiger partial charge is 0.422 e. The lowest BCUT2D eigenvalue weighted by Crippen LogP contribution is -2.28. The Balaban J connectivity index is 2.33. The summed E-state index contributed by atoms with van der Waals surface area (Å²) < 4.78 is 5.06. The van der Waals surface area contributed by atoms with E-state index in [1.807, 2.05) is 6.07 Å². The number of para-hydroxylation sites is 1. The van der Waals surface area contributed by atoms with Gasteiger partial charge in [0, 0.05) is 18.4 Å². The first-order valence-corrected chi connectivity index (χ1v) is 5.47. The highest BCUT2D eigenvalue weighted by atomic mass is 16.4. The van der Waals surface area contributed by atoms with Crippen molar-refractivity contribution in [2.24, 2.45) is 0 Å². The summed E-state index contributed by atoms with van der Waals surface area (Å²) in [5, 5.41) is 3.27. The van der Waals surface area contributed by atoms with Gasteiger partial charge in [-0.25, -0.2) is 4.79 Å². The van der Waals surface area contributed by atoms with Crippen molar-refractivity contribution < 1.29 is 9.21 Å². The van der Waals surface area contributed by atoms with Crippen LogP contribution >= 0.6 is 0 Å². The summed E-state index contributed by atoms with van der Waals surface area (Å²) in [7, 11) is 0. The maximum absolute atomic E-state index is 11.7. The van der Waals surface area contributed by atoms with Crippen LogP contribution in [-0.2, 0) is 0 Å². The molecular formula is C14H11NO3. The summed E-state index contributed by atoms with van der Waals surface area (Å²) in [6.45, 7) is 0.335. The Kier molecular flexibility index (Phi) is 3.44. The first-order valence-electron chi connectivity index (χ1n) is 5.47. The molecule has 0 spiro atoms. The highest BCUT2D eigenvalue weighted by Crippen LogP contribution is 2.12. The van der Waals surface area contributed by atoms with Crippen LogP contribution in [0.25, 0.3) is 11.0 Å². The predicted octanol–water partition coefficient (Wildman–Crippen LogP) is 1.55. The SMILES string of the molecule is C#CCCNC(=O)c1cc2ccccc2oc1=O. The van der Waals surface area contributed by atoms with Crippen LogP contribution in [0, 0.1) is 12.3 Å². The molecule has 0 bridgehead atoms. The molecule has 0 saturated carbocycles. The lowest BCUT2D eigenvalue weighted by Gasteiger charge is -2.03. The third-order valence-corrected chi connectivity index (χ3v) is 2.44. The molecule has 18 heavy (non-hydrogen) atoms. The Morgan fingerprint density at radius 1 is 1.39 bits per heavy atom. The molecule has 4 nitrogen and oxygen atoms in total. The average Bonchev–Trinajstić information content (AvgIpc) is 2.38. The van der Waals surface area contributed by atoms with Gasteiger partial charge in [-0.1, -0.05) is 18.2 Å². The second-order valence-electron chi connectivity index (χ2n) is 3.70. The van der Waals surface area contributed by atoms with Crippen molar-refractivity contribution >= 4 is 16.9 Å². The predicted molar refractivity (Wildman–Crippen MR) is 68.3 cm³/mol. The number of hydrogen-bond acceptors (Lipinski definition) is 3.